The Balaban J connectivity index is 1.73. The van der Waals surface area contributed by atoms with Crippen molar-refractivity contribution < 1.29 is 22.2 Å². The average molecular weight is 541 g/mol. The highest BCUT2D eigenvalue weighted by atomic mass is 32.2. The maximum Gasteiger partial charge on any atom is 0.441 e. The van der Waals surface area contributed by atoms with Gasteiger partial charge in [0.05, 0.1) is 18.0 Å². The molecule has 2 aromatic carbocycles. The van der Waals surface area contributed by atoms with Crippen LogP contribution in [0, 0.1) is 13.8 Å². The lowest BCUT2D eigenvalue weighted by molar-refractivity contribution is 0.134. The van der Waals surface area contributed by atoms with Crippen molar-refractivity contribution in [2.24, 2.45) is 0 Å². The number of benzene rings is 2. The largest absolute Gasteiger partial charge is 0.441 e. The van der Waals surface area contributed by atoms with Crippen molar-refractivity contribution >= 4 is 15.8 Å². The number of aromatic nitrogens is 3. The Hall–Kier alpha value is -3.70. The maximum atomic E-state index is 13.4. The maximum absolute atomic E-state index is 13.4. The molecule has 0 saturated carbocycles. The van der Waals surface area contributed by atoms with Gasteiger partial charge >= 0.3 is 5.76 Å². The molecule has 1 N–H and O–H groups in total. The Kier molecular flexibility index (Phi) is 8.48. The number of aryl methyl sites for hydroxylation is 2. The van der Waals surface area contributed by atoms with E-state index in [1.54, 1.807) is 38.1 Å². The lowest BCUT2D eigenvalue weighted by Gasteiger charge is -2.16. The van der Waals surface area contributed by atoms with Crippen molar-refractivity contribution in [2.45, 2.75) is 65.0 Å². The fraction of sp³-hybridized carbons (Fsp3) is 0.370. The summed E-state index contributed by atoms with van der Waals surface area (Å²) in [5.74, 6) is 0.788. The molecule has 0 saturated heterocycles. The van der Waals surface area contributed by atoms with Gasteiger partial charge in [0.1, 0.15) is 5.76 Å². The second-order valence-corrected chi connectivity index (χ2v) is 10.6. The predicted octanol–water partition coefficient (Wildman–Crippen LogP) is 4.84. The van der Waals surface area contributed by atoms with Crippen LogP contribution in [-0.2, 0) is 34.3 Å². The summed E-state index contributed by atoms with van der Waals surface area (Å²) in [6, 6.07) is 12.4. The Morgan fingerprint density at radius 1 is 1.03 bits per heavy atom. The van der Waals surface area contributed by atoms with Crippen LogP contribution in [0.25, 0.3) is 11.1 Å². The lowest BCUT2D eigenvalue weighted by Crippen LogP contribution is -2.18. The van der Waals surface area contributed by atoms with Gasteiger partial charge in [0.25, 0.3) is 10.0 Å². The molecule has 2 aromatic heterocycles. The van der Waals surface area contributed by atoms with Crippen molar-refractivity contribution in [2.75, 3.05) is 11.3 Å². The van der Waals surface area contributed by atoms with Gasteiger partial charge in [-0.1, -0.05) is 60.1 Å². The number of nitrogens with zero attached hydrogens (tertiary/aromatic N) is 3. The molecule has 10 nitrogen and oxygen atoms in total. The molecule has 4 aromatic rings. The van der Waals surface area contributed by atoms with Crippen LogP contribution in [-0.4, -0.2) is 29.9 Å². The van der Waals surface area contributed by atoms with Crippen LogP contribution in [0.15, 0.2) is 61.2 Å². The molecule has 0 amide bonds. The van der Waals surface area contributed by atoms with Crippen LogP contribution < -0.4 is 10.5 Å². The van der Waals surface area contributed by atoms with Crippen molar-refractivity contribution in [1.82, 2.24) is 14.9 Å². The second kappa shape index (κ2) is 11.8. The number of ether oxygens (including phenoxy) is 1. The first kappa shape index (κ1) is 27.3. The molecule has 2 heterocycles. The van der Waals surface area contributed by atoms with Crippen molar-refractivity contribution in [3.63, 3.8) is 0 Å². The zero-order chi connectivity index (χ0) is 27.3. The minimum Gasteiger partial charge on any atom is -0.377 e. The highest BCUT2D eigenvalue weighted by molar-refractivity contribution is 7.92. The normalized spacial score (nSPS) is 11.7. The number of rotatable bonds is 12. The zero-order valence-corrected chi connectivity index (χ0v) is 22.8. The third kappa shape index (κ3) is 5.89. The molecule has 0 fully saturated rings. The number of unbranched alkanes of at least 4 members (excludes halogenated alkanes) is 1. The number of hydrogen-bond acceptors (Lipinski definition) is 8. The topological polar surface area (TPSA) is 129 Å². The Morgan fingerprint density at radius 3 is 2.53 bits per heavy atom. The van der Waals surface area contributed by atoms with Crippen LogP contribution in [0.2, 0.25) is 0 Å². The van der Waals surface area contributed by atoms with E-state index in [9.17, 15) is 13.2 Å². The first-order valence-electron chi connectivity index (χ1n) is 12.5. The van der Waals surface area contributed by atoms with Gasteiger partial charge in [-0.05, 0) is 49.9 Å². The average Bonchev–Trinajstić information content (AvgIpc) is 3.41. The van der Waals surface area contributed by atoms with E-state index in [0.717, 1.165) is 24.0 Å². The summed E-state index contributed by atoms with van der Waals surface area (Å²) in [6.07, 6.45) is 2.52. The van der Waals surface area contributed by atoms with Gasteiger partial charge in [0.2, 0.25) is 0 Å². The molecule has 0 unspecified atom stereocenters. The van der Waals surface area contributed by atoms with Crippen LogP contribution in [0.4, 0.5) is 5.82 Å². The summed E-state index contributed by atoms with van der Waals surface area (Å²) in [6.45, 7) is 8.46. The quantitative estimate of drug-likeness (QED) is 0.270. The molecule has 0 radical (unpaired) electrons. The Morgan fingerprint density at radius 2 is 1.82 bits per heavy atom. The first-order chi connectivity index (χ1) is 18.2. The highest BCUT2D eigenvalue weighted by Crippen LogP contribution is 2.33. The third-order valence-electron chi connectivity index (χ3n) is 6.34. The first-order valence-corrected chi connectivity index (χ1v) is 14.0. The van der Waals surface area contributed by atoms with Gasteiger partial charge in [-0.2, -0.15) is 0 Å². The molecule has 0 aliphatic heterocycles. The van der Waals surface area contributed by atoms with E-state index in [4.69, 9.17) is 13.8 Å². The predicted molar refractivity (Wildman–Crippen MR) is 142 cm³/mol. The SMILES string of the molecule is CCCCc1noc(=O)n1Cc1ccc(-c2ccccc2S(=O)(=O)Nc2noc(C)c2C)c(COCC)c1. The summed E-state index contributed by atoms with van der Waals surface area (Å²) >= 11 is 0. The Bertz CT molecular complexity index is 1570. The molecule has 11 heteroatoms. The van der Waals surface area contributed by atoms with Crippen molar-refractivity contribution in [3.8, 4) is 11.1 Å². The van der Waals surface area contributed by atoms with E-state index >= 15 is 0 Å². The smallest absolute Gasteiger partial charge is 0.377 e. The summed E-state index contributed by atoms with van der Waals surface area (Å²) in [5, 5.41) is 7.77. The number of sulfonamides is 1. The highest BCUT2D eigenvalue weighted by Gasteiger charge is 2.24. The number of anilines is 1. The summed E-state index contributed by atoms with van der Waals surface area (Å²) in [4.78, 5) is 12.4. The van der Waals surface area contributed by atoms with Crippen molar-refractivity contribution in [3.05, 3.63) is 81.3 Å². The van der Waals surface area contributed by atoms with Crippen molar-refractivity contribution in [1.29, 1.82) is 0 Å². The van der Waals surface area contributed by atoms with E-state index in [1.165, 1.54) is 4.57 Å². The summed E-state index contributed by atoms with van der Waals surface area (Å²) in [5.41, 5.74) is 3.48. The van der Waals surface area contributed by atoms with Gasteiger partial charge in [-0.25, -0.2) is 13.2 Å². The third-order valence-corrected chi connectivity index (χ3v) is 7.74. The van der Waals surface area contributed by atoms with E-state index < -0.39 is 15.8 Å². The fourth-order valence-electron chi connectivity index (χ4n) is 4.11. The molecule has 0 bridgehead atoms. The van der Waals surface area contributed by atoms with Gasteiger partial charge in [-0.3, -0.25) is 13.8 Å². The van der Waals surface area contributed by atoms with Gasteiger partial charge in [0.15, 0.2) is 11.6 Å². The number of hydrogen-bond donors (Lipinski definition) is 1. The molecule has 0 aliphatic carbocycles. The van der Waals surface area contributed by atoms with E-state index in [-0.39, 0.29) is 23.9 Å². The molecule has 4 rings (SSSR count). The zero-order valence-electron chi connectivity index (χ0n) is 22.0. The Labute approximate surface area is 221 Å². The van der Waals surface area contributed by atoms with Gasteiger partial charge < -0.3 is 9.26 Å². The molecular weight excluding hydrogens is 508 g/mol. The van der Waals surface area contributed by atoms with E-state index in [2.05, 4.69) is 22.0 Å². The van der Waals surface area contributed by atoms with Crippen LogP contribution in [0.3, 0.4) is 0 Å². The summed E-state index contributed by atoms with van der Waals surface area (Å²) in [7, 11) is -3.99. The van der Waals surface area contributed by atoms with Gasteiger partial charge in [0, 0.05) is 24.2 Å². The standard InChI is InChI=1S/C27H32N4O6S/c1-5-7-12-25-28-37-27(32)31(25)16-20-13-14-22(21(15-20)17-35-6-2)23-10-8-9-11-24(23)38(33,34)30-26-18(3)19(4)36-29-26/h8-11,13-15H,5-7,12,16-17H2,1-4H3,(H,29,30). The van der Waals surface area contributed by atoms with Crippen LogP contribution in [0.5, 0.6) is 0 Å². The van der Waals surface area contributed by atoms with E-state index in [1.807, 2.05) is 25.1 Å². The summed E-state index contributed by atoms with van der Waals surface area (Å²) < 4.78 is 46.7. The minimum atomic E-state index is -3.99. The minimum absolute atomic E-state index is 0.0997. The fourth-order valence-corrected chi connectivity index (χ4v) is 5.39. The lowest BCUT2D eigenvalue weighted by atomic mass is 9.97. The molecule has 202 valence electrons. The van der Waals surface area contributed by atoms with Crippen LogP contribution in [0.1, 0.15) is 55.0 Å². The molecule has 0 aliphatic rings. The number of nitrogens with one attached hydrogen (secondary N) is 1. The van der Waals surface area contributed by atoms with Crippen LogP contribution >= 0.6 is 0 Å². The molecule has 38 heavy (non-hydrogen) atoms. The molecule has 0 atom stereocenters. The molecular formula is C27H32N4O6S. The second-order valence-electron chi connectivity index (χ2n) is 9.00. The monoisotopic (exact) mass is 540 g/mol. The molecule has 0 spiro atoms. The van der Waals surface area contributed by atoms with Gasteiger partial charge in [-0.15, -0.1) is 0 Å². The van der Waals surface area contributed by atoms with E-state index in [0.29, 0.717) is 41.3 Å².